The Labute approximate surface area is 112 Å². The van der Waals surface area contributed by atoms with Gasteiger partial charge in [0.05, 0.1) is 17.2 Å². The first-order chi connectivity index (χ1) is 9.18. The molecular formula is C15H17NO3. The lowest BCUT2D eigenvalue weighted by Gasteiger charge is -2.26. The molecule has 2 unspecified atom stereocenters. The fourth-order valence-corrected chi connectivity index (χ4v) is 3.08. The van der Waals surface area contributed by atoms with Gasteiger partial charge in [-0.25, -0.2) is 0 Å². The van der Waals surface area contributed by atoms with Gasteiger partial charge in [0.1, 0.15) is 0 Å². The van der Waals surface area contributed by atoms with E-state index >= 15 is 0 Å². The summed E-state index contributed by atoms with van der Waals surface area (Å²) < 4.78 is 0. The number of carbonyl (C=O) groups excluding carboxylic acids is 2. The highest BCUT2D eigenvalue weighted by atomic mass is 16.3. The predicted molar refractivity (Wildman–Crippen MR) is 69.8 cm³/mol. The summed E-state index contributed by atoms with van der Waals surface area (Å²) in [5.74, 6) is -0.417. The zero-order chi connectivity index (χ0) is 13.4. The molecule has 19 heavy (non-hydrogen) atoms. The minimum atomic E-state index is -0.406. The number of benzene rings is 1. The molecule has 2 amide bonds. The number of rotatable bonds is 1. The van der Waals surface area contributed by atoms with Crippen LogP contribution in [0.1, 0.15) is 52.8 Å². The van der Waals surface area contributed by atoms with Crippen molar-refractivity contribution in [1.82, 2.24) is 4.90 Å². The molecule has 0 aromatic heterocycles. The first-order valence-electron chi connectivity index (χ1n) is 6.83. The van der Waals surface area contributed by atoms with Crippen molar-refractivity contribution in [3.8, 4) is 0 Å². The molecule has 0 spiro atoms. The van der Waals surface area contributed by atoms with Gasteiger partial charge in [0, 0.05) is 6.04 Å². The van der Waals surface area contributed by atoms with Crippen LogP contribution in [0.3, 0.4) is 0 Å². The Hall–Kier alpha value is -1.68. The molecule has 1 aromatic carbocycles. The van der Waals surface area contributed by atoms with Crippen molar-refractivity contribution in [2.75, 3.05) is 0 Å². The van der Waals surface area contributed by atoms with Crippen molar-refractivity contribution >= 4 is 11.8 Å². The van der Waals surface area contributed by atoms with Gasteiger partial charge in [-0.05, 0) is 31.4 Å². The molecule has 1 aliphatic carbocycles. The second-order valence-electron chi connectivity index (χ2n) is 5.35. The maximum absolute atomic E-state index is 12.3. The normalized spacial score (nSPS) is 27.3. The molecule has 0 bridgehead atoms. The topological polar surface area (TPSA) is 57.6 Å². The van der Waals surface area contributed by atoms with Crippen molar-refractivity contribution in [2.24, 2.45) is 0 Å². The van der Waals surface area contributed by atoms with Crippen LogP contribution in [-0.2, 0) is 0 Å². The minimum absolute atomic E-state index is 0.162. The molecule has 2 aliphatic rings. The van der Waals surface area contributed by atoms with Crippen molar-refractivity contribution < 1.29 is 14.7 Å². The van der Waals surface area contributed by atoms with Crippen LogP contribution in [0.4, 0.5) is 0 Å². The smallest absolute Gasteiger partial charge is 0.261 e. The maximum atomic E-state index is 12.3. The molecule has 1 heterocycles. The summed E-state index contributed by atoms with van der Waals surface area (Å²) in [7, 11) is 0. The van der Waals surface area contributed by atoms with E-state index in [4.69, 9.17) is 0 Å². The van der Waals surface area contributed by atoms with Gasteiger partial charge in [-0.1, -0.05) is 25.0 Å². The van der Waals surface area contributed by atoms with Gasteiger partial charge in [0.2, 0.25) is 0 Å². The van der Waals surface area contributed by atoms with Gasteiger partial charge < -0.3 is 5.11 Å². The van der Waals surface area contributed by atoms with Gasteiger partial charge in [-0.3, -0.25) is 14.5 Å². The van der Waals surface area contributed by atoms with Gasteiger partial charge in [0.25, 0.3) is 11.8 Å². The fourth-order valence-electron chi connectivity index (χ4n) is 3.08. The first kappa shape index (κ1) is 12.4. The summed E-state index contributed by atoms with van der Waals surface area (Å²) in [6.07, 6.45) is 3.57. The molecule has 3 rings (SSSR count). The van der Waals surface area contributed by atoms with E-state index in [9.17, 15) is 14.7 Å². The number of hydrogen-bond donors (Lipinski definition) is 1. The Morgan fingerprint density at radius 3 is 2.21 bits per heavy atom. The van der Waals surface area contributed by atoms with E-state index in [-0.39, 0.29) is 17.9 Å². The number of imide groups is 1. The van der Waals surface area contributed by atoms with E-state index in [1.807, 2.05) is 0 Å². The number of carbonyl (C=O) groups is 2. The quantitative estimate of drug-likeness (QED) is 0.619. The molecule has 0 radical (unpaired) electrons. The van der Waals surface area contributed by atoms with Crippen LogP contribution in [-0.4, -0.2) is 34.0 Å². The average Bonchev–Trinajstić information content (AvgIpc) is 2.56. The van der Waals surface area contributed by atoms with E-state index in [1.165, 1.54) is 4.90 Å². The number of aliphatic hydroxyl groups excluding tert-OH is 1. The standard InChI is InChI=1S/C15H17NO3/c17-11-6-2-1-5-10(9-11)16-14(18)12-7-3-4-8-13(12)15(16)19/h3-4,7-8,10-11,17H,1-2,5-6,9H2. The third kappa shape index (κ3) is 2.06. The lowest BCUT2D eigenvalue weighted by Crippen LogP contribution is -2.41. The molecule has 0 saturated heterocycles. The molecule has 4 heteroatoms. The summed E-state index contributed by atoms with van der Waals surface area (Å²) in [5.41, 5.74) is 0.984. The molecule has 100 valence electrons. The predicted octanol–water partition coefficient (Wildman–Crippen LogP) is 1.98. The highest BCUT2D eigenvalue weighted by molar-refractivity contribution is 6.21. The third-order valence-corrected chi connectivity index (χ3v) is 4.06. The number of nitrogens with zero attached hydrogens (tertiary/aromatic N) is 1. The Kier molecular flexibility index (Phi) is 3.11. The van der Waals surface area contributed by atoms with Crippen LogP contribution in [0.25, 0.3) is 0 Å². The molecule has 1 fully saturated rings. The number of aliphatic hydroxyl groups is 1. The summed E-state index contributed by atoms with van der Waals surface area (Å²) in [5, 5.41) is 9.86. The van der Waals surface area contributed by atoms with Gasteiger partial charge in [-0.15, -0.1) is 0 Å². The first-order valence-corrected chi connectivity index (χ1v) is 6.83. The highest BCUT2D eigenvalue weighted by Gasteiger charge is 2.40. The number of hydrogen-bond acceptors (Lipinski definition) is 3. The third-order valence-electron chi connectivity index (χ3n) is 4.06. The van der Waals surface area contributed by atoms with Crippen LogP contribution >= 0.6 is 0 Å². The Morgan fingerprint density at radius 1 is 1.00 bits per heavy atom. The van der Waals surface area contributed by atoms with Crippen molar-refractivity contribution in [1.29, 1.82) is 0 Å². The zero-order valence-corrected chi connectivity index (χ0v) is 10.7. The lowest BCUT2D eigenvalue weighted by molar-refractivity contribution is 0.0519. The molecule has 1 saturated carbocycles. The molecule has 1 aromatic rings. The van der Waals surface area contributed by atoms with Crippen molar-refractivity contribution in [3.63, 3.8) is 0 Å². The van der Waals surface area contributed by atoms with E-state index in [0.717, 1.165) is 25.7 Å². The molecule has 1 N–H and O–H groups in total. The van der Waals surface area contributed by atoms with Gasteiger partial charge in [-0.2, -0.15) is 0 Å². The SMILES string of the molecule is O=C1c2ccccc2C(=O)N1C1CCCCC(O)C1. The van der Waals surface area contributed by atoms with Gasteiger partial charge in [0.15, 0.2) is 0 Å². The molecule has 1 aliphatic heterocycles. The molecular weight excluding hydrogens is 242 g/mol. The summed E-state index contributed by atoms with van der Waals surface area (Å²) in [6, 6.07) is 6.78. The summed E-state index contributed by atoms with van der Waals surface area (Å²) in [6.45, 7) is 0. The Bertz CT molecular complexity index is 491. The van der Waals surface area contributed by atoms with Crippen LogP contribution in [0.15, 0.2) is 24.3 Å². The van der Waals surface area contributed by atoms with Gasteiger partial charge >= 0.3 is 0 Å². The van der Waals surface area contributed by atoms with E-state index < -0.39 is 6.10 Å². The van der Waals surface area contributed by atoms with Crippen LogP contribution in [0.2, 0.25) is 0 Å². The van der Waals surface area contributed by atoms with Crippen LogP contribution in [0.5, 0.6) is 0 Å². The maximum Gasteiger partial charge on any atom is 0.261 e. The monoisotopic (exact) mass is 259 g/mol. The van der Waals surface area contributed by atoms with E-state index in [2.05, 4.69) is 0 Å². The second kappa shape index (κ2) is 4.78. The largest absolute Gasteiger partial charge is 0.393 e. The van der Waals surface area contributed by atoms with Crippen LogP contribution < -0.4 is 0 Å². The zero-order valence-electron chi connectivity index (χ0n) is 10.7. The number of fused-ring (bicyclic) bond motifs is 1. The van der Waals surface area contributed by atoms with Crippen molar-refractivity contribution in [2.45, 2.75) is 44.2 Å². The highest BCUT2D eigenvalue weighted by Crippen LogP contribution is 2.30. The van der Waals surface area contributed by atoms with Crippen LogP contribution in [0, 0.1) is 0 Å². The van der Waals surface area contributed by atoms with Crippen molar-refractivity contribution in [3.05, 3.63) is 35.4 Å². The minimum Gasteiger partial charge on any atom is -0.393 e. The fraction of sp³-hybridized carbons (Fsp3) is 0.467. The van der Waals surface area contributed by atoms with E-state index in [1.54, 1.807) is 24.3 Å². The summed E-state index contributed by atoms with van der Waals surface area (Å²) >= 11 is 0. The second-order valence-corrected chi connectivity index (χ2v) is 5.35. The molecule has 2 atom stereocenters. The Balaban J connectivity index is 1.90. The summed E-state index contributed by atoms with van der Waals surface area (Å²) in [4.78, 5) is 26.1. The average molecular weight is 259 g/mol. The molecule has 4 nitrogen and oxygen atoms in total. The Morgan fingerprint density at radius 2 is 1.58 bits per heavy atom. The lowest BCUT2D eigenvalue weighted by atomic mass is 10.1. The van der Waals surface area contributed by atoms with E-state index in [0.29, 0.717) is 17.5 Å². The number of amides is 2.